The van der Waals surface area contributed by atoms with Crippen LogP contribution in [0.2, 0.25) is 18.1 Å². The van der Waals surface area contributed by atoms with Crippen LogP contribution in [0, 0.1) is 5.41 Å². The second kappa shape index (κ2) is 20.1. The maximum atomic E-state index is 14.6. The van der Waals surface area contributed by atoms with Crippen LogP contribution in [-0.4, -0.2) is 70.6 Å². The number of urea groups is 1. The Bertz CT molecular complexity index is 2430. The number of esters is 1. The molecule has 2 amide bonds. The molecule has 0 saturated heterocycles. The van der Waals surface area contributed by atoms with Crippen LogP contribution in [0.25, 0.3) is 32.6 Å². The molecule has 0 saturated carbocycles. The summed E-state index contributed by atoms with van der Waals surface area (Å²) in [6.07, 6.45) is -0.573. The van der Waals surface area contributed by atoms with E-state index in [1.807, 2.05) is 52.3 Å². The Morgan fingerprint density at radius 1 is 0.954 bits per heavy atom. The van der Waals surface area contributed by atoms with E-state index in [9.17, 15) is 36.9 Å². The second-order valence-electron chi connectivity index (χ2n) is 20.2. The number of aromatic nitrogens is 3. The van der Waals surface area contributed by atoms with Gasteiger partial charge in [0.15, 0.2) is 14.0 Å². The normalized spacial score (nSPS) is 13.8. The first-order chi connectivity index (χ1) is 29.6. The summed E-state index contributed by atoms with van der Waals surface area (Å²) in [4.78, 5) is 60.5. The number of amides is 2. The molecule has 1 aromatic carbocycles. The molecule has 0 aliphatic carbocycles. The van der Waals surface area contributed by atoms with Gasteiger partial charge in [0.25, 0.3) is 0 Å². The van der Waals surface area contributed by atoms with Crippen molar-refractivity contribution < 1.29 is 50.4 Å². The van der Waals surface area contributed by atoms with Crippen LogP contribution in [0.1, 0.15) is 124 Å². The van der Waals surface area contributed by atoms with Crippen LogP contribution < -0.4 is 16.1 Å². The number of hydrogen-bond donors (Lipinski definition) is 3. The van der Waals surface area contributed by atoms with Crippen molar-refractivity contribution in [3.05, 3.63) is 63.5 Å². The number of pyridine rings is 2. The molecule has 0 bridgehead atoms. The number of alkyl halides is 3. The highest BCUT2D eigenvalue weighted by molar-refractivity contribution is 7.48. The van der Waals surface area contributed by atoms with E-state index >= 15 is 0 Å². The van der Waals surface area contributed by atoms with Gasteiger partial charge >= 0.3 is 26.0 Å². The molecule has 4 aromatic rings. The lowest BCUT2D eigenvalue weighted by molar-refractivity contribution is -0.140. The predicted octanol–water partition coefficient (Wildman–Crippen LogP) is 12.0. The van der Waals surface area contributed by atoms with Crippen LogP contribution in [-0.2, 0) is 29.0 Å². The molecule has 3 N–H and O–H groups in total. The van der Waals surface area contributed by atoms with Crippen LogP contribution in [0.4, 0.5) is 23.8 Å². The highest BCUT2D eigenvalue weighted by Crippen LogP contribution is 2.55. The highest BCUT2D eigenvalue weighted by Gasteiger charge is 2.40. The average molecular weight is 968 g/mol. The van der Waals surface area contributed by atoms with E-state index in [1.54, 1.807) is 66.7 Å². The number of hydrogen-bond acceptors (Lipinski definition) is 12. The fraction of sp³-hybridized carbons (Fsp3) is 0.578. The summed E-state index contributed by atoms with van der Waals surface area (Å²) in [6.45, 7) is 25.9. The first-order valence-corrected chi connectivity index (χ1v) is 26.8. The minimum Gasteiger partial charge on any atom is -0.462 e. The van der Waals surface area contributed by atoms with Gasteiger partial charge in [-0.25, -0.2) is 24.1 Å². The third-order valence-corrected chi connectivity index (χ3v) is 17.1. The van der Waals surface area contributed by atoms with Crippen molar-refractivity contribution in [1.82, 2.24) is 19.9 Å². The molecule has 0 aliphatic rings. The number of nitrogens with one attached hydrogen (secondary N) is 2. The molecule has 3 aromatic heterocycles. The summed E-state index contributed by atoms with van der Waals surface area (Å²) in [7, 11) is -6.68. The Hall–Kier alpha value is -3.97. The van der Waals surface area contributed by atoms with E-state index in [-0.39, 0.29) is 53.0 Å². The standard InChI is InChI=1S/C45H65F3N5O9PSSi/c1-15-49-40(56)52-36-24-29(38-51-34(27-64-38)45(46,47)48)31(25-50-36)28-17-18-33-30(23-28)37(54)32(26-53(33)35(41(2,3)4)19-20-44(11,12)65(13,14)58)39(55)59-21-16-22-60-63(57,61-42(5,6)7)62-43(8,9)10/h17-18,23-27,35,58H,15-16,19-22H2,1-14H3,(H2,49,50,52,56)/t35-/m1/s1. The largest absolute Gasteiger partial charge is 0.475 e. The number of carbonyl (C=O) groups is 2. The molecule has 0 fully saturated rings. The summed E-state index contributed by atoms with van der Waals surface area (Å²) >= 11 is 0.756. The number of phosphoric ester groups is 1. The van der Waals surface area contributed by atoms with Gasteiger partial charge in [-0.2, -0.15) is 13.2 Å². The van der Waals surface area contributed by atoms with Crippen molar-refractivity contribution in [1.29, 1.82) is 0 Å². The van der Waals surface area contributed by atoms with Gasteiger partial charge in [-0.1, -0.05) is 40.7 Å². The van der Waals surface area contributed by atoms with Gasteiger partial charge in [-0.15, -0.1) is 11.3 Å². The molecule has 4 rings (SSSR count). The van der Waals surface area contributed by atoms with Crippen molar-refractivity contribution in [3.8, 4) is 21.7 Å². The topological polar surface area (TPSA) is 180 Å². The third kappa shape index (κ3) is 14.5. The van der Waals surface area contributed by atoms with Gasteiger partial charge in [-0.05, 0) is 109 Å². The van der Waals surface area contributed by atoms with Gasteiger partial charge in [-0.3, -0.25) is 23.7 Å². The zero-order chi connectivity index (χ0) is 49.1. The van der Waals surface area contributed by atoms with Crippen molar-refractivity contribution in [3.63, 3.8) is 0 Å². The fourth-order valence-electron chi connectivity index (χ4n) is 6.72. The number of rotatable bonds is 17. The maximum absolute atomic E-state index is 14.6. The lowest BCUT2D eigenvalue weighted by Crippen LogP contribution is -2.40. The molecule has 1 atom stereocenters. The zero-order valence-electron chi connectivity index (χ0n) is 39.9. The average Bonchev–Trinajstić information content (AvgIpc) is 3.64. The van der Waals surface area contributed by atoms with E-state index < -0.39 is 67.1 Å². The number of ether oxygens (including phenoxy) is 1. The molecular formula is C45H65F3N5O9PSSi. The summed E-state index contributed by atoms with van der Waals surface area (Å²) in [5.41, 5.74) is -2.81. The Morgan fingerprint density at radius 3 is 2.12 bits per heavy atom. The van der Waals surface area contributed by atoms with Crippen molar-refractivity contribution >= 4 is 56.2 Å². The number of carbonyl (C=O) groups excluding carboxylic acids is 2. The van der Waals surface area contributed by atoms with E-state index in [0.717, 1.165) is 16.7 Å². The third-order valence-electron chi connectivity index (χ3n) is 10.6. The Morgan fingerprint density at radius 2 is 1.58 bits per heavy atom. The molecule has 3 heterocycles. The van der Waals surface area contributed by atoms with Crippen LogP contribution >= 0.6 is 19.2 Å². The SMILES string of the molecule is CCNC(=O)Nc1cc(-c2nc(C(F)(F)F)cs2)c(-c2ccc3c(c2)c(=O)c(C(=O)OCCCOP(=O)(OC(C)(C)C)OC(C)(C)C)cn3[C@H](CCC(C)(C)[Si](C)(C)O)C(C)(C)C)cn1. The second-order valence-corrected chi connectivity index (χ2v) is 27.0. The van der Waals surface area contributed by atoms with Crippen molar-refractivity contribution in [2.24, 2.45) is 5.41 Å². The Balaban J connectivity index is 1.86. The molecule has 14 nitrogen and oxygen atoms in total. The van der Waals surface area contributed by atoms with Gasteiger partial charge in [0.1, 0.15) is 16.4 Å². The summed E-state index contributed by atoms with van der Waals surface area (Å²) in [5.74, 6) is -0.869. The van der Waals surface area contributed by atoms with E-state index in [1.165, 1.54) is 18.5 Å². The molecule has 0 aliphatic heterocycles. The predicted molar refractivity (Wildman–Crippen MR) is 252 cm³/mol. The molecule has 0 unspecified atom stereocenters. The Kier molecular flexibility index (Phi) is 16.6. The van der Waals surface area contributed by atoms with Gasteiger partial charge < -0.3 is 19.4 Å². The van der Waals surface area contributed by atoms with Gasteiger partial charge in [0, 0.05) is 53.3 Å². The van der Waals surface area contributed by atoms with Crippen molar-refractivity contribution in [2.75, 3.05) is 25.1 Å². The number of phosphoric acid groups is 1. The summed E-state index contributed by atoms with van der Waals surface area (Å²) in [5, 5.41) is 5.78. The summed E-state index contributed by atoms with van der Waals surface area (Å²) < 4.78 is 79.4. The number of anilines is 1. The first-order valence-electron chi connectivity index (χ1n) is 21.5. The Labute approximate surface area is 384 Å². The number of nitrogens with zero attached hydrogens (tertiary/aromatic N) is 3. The quantitative estimate of drug-likeness (QED) is 0.0397. The van der Waals surface area contributed by atoms with Crippen LogP contribution in [0.3, 0.4) is 0 Å². The maximum Gasteiger partial charge on any atom is 0.475 e. The molecule has 0 radical (unpaired) electrons. The van der Waals surface area contributed by atoms with E-state index in [0.29, 0.717) is 36.0 Å². The molecule has 360 valence electrons. The minimum absolute atomic E-state index is 0.00967. The summed E-state index contributed by atoms with van der Waals surface area (Å²) in [6, 6.07) is 5.51. The lowest BCUT2D eigenvalue weighted by atomic mass is 9.82. The molecule has 0 spiro atoms. The molecule has 20 heteroatoms. The molecule has 65 heavy (non-hydrogen) atoms. The fourth-order valence-corrected chi connectivity index (χ4v) is 10.2. The number of thiazole rings is 1. The van der Waals surface area contributed by atoms with Gasteiger partial charge in [0.05, 0.1) is 29.9 Å². The number of benzene rings is 1. The van der Waals surface area contributed by atoms with Crippen LogP contribution in [0.5, 0.6) is 0 Å². The zero-order valence-corrected chi connectivity index (χ0v) is 42.6. The van der Waals surface area contributed by atoms with E-state index in [4.69, 9.17) is 18.3 Å². The van der Waals surface area contributed by atoms with E-state index in [2.05, 4.69) is 20.6 Å². The molecular weight excluding hydrogens is 903 g/mol. The first kappa shape index (κ1) is 53.6. The lowest BCUT2D eigenvalue weighted by Gasteiger charge is -2.40. The monoisotopic (exact) mass is 967 g/mol. The minimum atomic E-state index is -4.71. The van der Waals surface area contributed by atoms with Gasteiger partial charge in [0.2, 0.25) is 5.43 Å². The van der Waals surface area contributed by atoms with Crippen molar-refractivity contribution in [2.45, 2.75) is 144 Å². The van der Waals surface area contributed by atoms with Crippen LogP contribution in [0.15, 0.2) is 46.8 Å². The highest BCUT2D eigenvalue weighted by atomic mass is 32.1. The smallest absolute Gasteiger partial charge is 0.462 e. The number of fused-ring (bicyclic) bond motifs is 1. The number of halogens is 3.